The Hall–Kier alpha value is -3.53. The molecule has 1 heterocycles. The van der Waals surface area contributed by atoms with Gasteiger partial charge < -0.3 is 14.4 Å². The maximum atomic E-state index is 5.28. The summed E-state index contributed by atoms with van der Waals surface area (Å²) in [5.74, 6) is 3.12. The molecule has 4 aromatic rings. The molecule has 0 saturated carbocycles. The minimum Gasteiger partial charge on any atom is -0.325 e. The topological polar surface area (TPSA) is 24.3 Å². The fraction of sp³-hybridized carbons (Fsp3) is 0.276. The molecule has 0 atom stereocenters. The second kappa shape index (κ2) is 9.95. The van der Waals surface area contributed by atoms with Crippen LogP contribution in [0.1, 0.15) is 31.9 Å². The van der Waals surface area contributed by atoms with Crippen molar-refractivity contribution in [1.29, 1.82) is 0 Å². The Labute approximate surface area is 198 Å². The van der Waals surface area contributed by atoms with Gasteiger partial charge in [-0.25, -0.2) is 4.98 Å². The van der Waals surface area contributed by atoms with Crippen LogP contribution in [-0.4, -0.2) is 22.6 Å². The Morgan fingerprint density at radius 3 is 1.67 bits per heavy atom. The van der Waals surface area contributed by atoms with E-state index in [0.29, 0.717) is 0 Å². The van der Waals surface area contributed by atoms with Gasteiger partial charge >= 0.3 is 0 Å². The molecule has 0 N–H and O–H groups in total. The zero-order valence-corrected chi connectivity index (χ0v) is 20.4. The highest BCUT2D eigenvalue weighted by Crippen LogP contribution is 2.41. The Bertz CT molecular complexity index is 1180. The standard InChI is InChI=1S/C29H34N4/c1-6-31(25-18-14-22(4)15-19-25)28-29(32(7-2)26-20-16-23(5)17-21-26)33(8-3)27(30-28)24-12-10-9-11-13-24/h9-21H,6-8H2,1-5H3. The third kappa shape index (κ3) is 4.51. The number of imidazole rings is 1. The van der Waals surface area contributed by atoms with E-state index in [1.165, 1.54) is 16.8 Å². The van der Waals surface area contributed by atoms with Gasteiger partial charge in [0, 0.05) is 36.6 Å². The molecule has 0 fully saturated rings. The number of hydrogen-bond donors (Lipinski definition) is 0. The van der Waals surface area contributed by atoms with Crippen molar-refractivity contribution in [2.75, 3.05) is 22.9 Å². The summed E-state index contributed by atoms with van der Waals surface area (Å²) >= 11 is 0. The molecule has 0 aliphatic heterocycles. The first-order valence-corrected chi connectivity index (χ1v) is 11.9. The summed E-state index contributed by atoms with van der Waals surface area (Å²) in [5.41, 5.74) is 5.99. The summed E-state index contributed by atoms with van der Waals surface area (Å²) in [6, 6.07) is 28.0. The highest BCUT2D eigenvalue weighted by atomic mass is 15.3. The number of anilines is 4. The summed E-state index contributed by atoms with van der Waals surface area (Å²) in [5, 5.41) is 0. The van der Waals surface area contributed by atoms with Crippen LogP contribution in [0.5, 0.6) is 0 Å². The second-order valence-corrected chi connectivity index (χ2v) is 8.35. The van der Waals surface area contributed by atoms with Crippen molar-refractivity contribution in [3.8, 4) is 11.4 Å². The monoisotopic (exact) mass is 438 g/mol. The number of aryl methyl sites for hydroxylation is 2. The van der Waals surface area contributed by atoms with Crippen molar-refractivity contribution >= 4 is 23.0 Å². The molecule has 4 nitrogen and oxygen atoms in total. The summed E-state index contributed by atoms with van der Waals surface area (Å²) in [7, 11) is 0. The second-order valence-electron chi connectivity index (χ2n) is 8.35. The van der Waals surface area contributed by atoms with E-state index >= 15 is 0 Å². The van der Waals surface area contributed by atoms with Crippen LogP contribution in [0.3, 0.4) is 0 Å². The van der Waals surface area contributed by atoms with Gasteiger partial charge in [0.2, 0.25) is 0 Å². The van der Waals surface area contributed by atoms with Crippen molar-refractivity contribution in [3.05, 3.63) is 90.0 Å². The zero-order valence-electron chi connectivity index (χ0n) is 20.4. The van der Waals surface area contributed by atoms with Crippen molar-refractivity contribution < 1.29 is 0 Å². The summed E-state index contributed by atoms with van der Waals surface area (Å²) in [6.45, 7) is 13.4. The fourth-order valence-corrected chi connectivity index (χ4v) is 4.34. The summed E-state index contributed by atoms with van der Waals surface area (Å²) in [4.78, 5) is 9.99. The lowest BCUT2D eigenvalue weighted by Crippen LogP contribution is -2.24. The van der Waals surface area contributed by atoms with Crippen LogP contribution in [0.4, 0.5) is 23.0 Å². The van der Waals surface area contributed by atoms with Crippen LogP contribution in [0.25, 0.3) is 11.4 Å². The van der Waals surface area contributed by atoms with Gasteiger partial charge in [0.1, 0.15) is 5.82 Å². The smallest absolute Gasteiger partial charge is 0.177 e. The molecule has 0 bridgehead atoms. The lowest BCUT2D eigenvalue weighted by molar-refractivity contribution is 0.754. The maximum Gasteiger partial charge on any atom is 0.177 e. The lowest BCUT2D eigenvalue weighted by atomic mass is 10.2. The molecule has 0 radical (unpaired) electrons. The quantitative estimate of drug-likeness (QED) is 0.285. The highest BCUT2D eigenvalue weighted by molar-refractivity contribution is 5.80. The minimum absolute atomic E-state index is 0.830. The largest absolute Gasteiger partial charge is 0.325 e. The van der Waals surface area contributed by atoms with Gasteiger partial charge in [0.15, 0.2) is 11.6 Å². The third-order valence-electron chi connectivity index (χ3n) is 6.11. The molecule has 3 aromatic carbocycles. The molecule has 0 unspecified atom stereocenters. The van der Waals surface area contributed by atoms with E-state index in [4.69, 9.17) is 4.98 Å². The van der Waals surface area contributed by atoms with Gasteiger partial charge in [-0.05, 0) is 58.9 Å². The molecule has 33 heavy (non-hydrogen) atoms. The van der Waals surface area contributed by atoms with Gasteiger partial charge in [0.25, 0.3) is 0 Å². The Morgan fingerprint density at radius 2 is 1.18 bits per heavy atom. The van der Waals surface area contributed by atoms with Crippen LogP contribution in [0, 0.1) is 13.8 Å². The average molecular weight is 439 g/mol. The SMILES string of the molecule is CCN(c1ccc(C)cc1)c1nc(-c2ccccc2)n(CC)c1N(CC)c1ccc(C)cc1. The van der Waals surface area contributed by atoms with Crippen LogP contribution < -0.4 is 9.80 Å². The van der Waals surface area contributed by atoms with Gasteiger partial charge in [-0.3, -0.25) is 0 Å². The number of rotatable bonds is 8. The molecule has 4 rings (SSSR count). The minimum atomic E-state index is 0.830. The molecule has 0 amide bonds. The molecule has 0 spiro atoms. The zero-order chi connectivity index (χ0) is 23.4. The molecule has 170 valence electrons. The van der Waals surface area contributed by atoms with Gasteiger partial charge in [-0.15, -0.1) is 0 Å². The highest BCUT2D eigenvalue weighted by Gasteiger charge is 2.26. The molecule has 1 aromatic heterocycles. The van der Waals surface area contributed by atoms with Gasteiger partial charge in [-0.2, -0.15) is 0 Å². The number of hydrogen-bond acceptors (Lipinski definition) is 3. The van der Waals surface area contributed by atoms with E-state index in [-0.39, 0.29) is 0 Å². The van der Waals surface area contributed by atoms with Crippen molar-refractivity contribution in [3.63, 3.8) is 0 Å². The molecule has 0 saturated heterocycles. The van der Waals surface area contributed by atoms with Crippen LogP contribution in [0.2, 0.25) is 0 Å². The Balaban J connectivity index is 1.96. The van der Waals surface area contributed by atoms with E-state index in [9.17, 15) is 0 Å². The van der Waals surface area contributed by atoms with Crippen molar-refractivity contribution in [2.45, 2.75) is 41.2 Å². The summed E-state index contributed by atoms with van der Waals surface area (Å²) < 4.78 is 2.35. The molecular formula is C29H34N4. The molecule has 4 heteroatoms. The maximum absolute atomic E-state index is 5.28. The number of nitrogens with zero attached hydrogens (tertiary/aromatic N) is 4. The van der Waals surface area contributed by atoms with Gasteiger partial charge in [0.05, 0.1) is 0 Å². The number of benzene rings is 3. The van der Waals surface area contributed by atoms with E-state index in [1.54, 1.807) is 0 Å². The predicted octanol–water partition coefficient (Wildman–Crippen LogP) is 7.50. The van der Waals surface area contributed by atoms with E-state index in [0.717, 1.165) is 48.3 Å². The average Bonchev–Trinajstić information content (AvgIpc) is 3.22. The first-order valence-electron chi connectivity index (χ1n) is 11.9. The Kier molecular flexibility index (Phi) is 6.83. The van der Waals surface area contributed by atoms with E-state index in [2.05, 4.69) is 128 Å². The first-order chi connectivity index (χ1) is 16.1. The fourth-order valence-electron chi connectivity index (χ4n) is 4.34. The molecule has 0 aliphatic rings. The summed E-state index contributed by atoms with van der Waals surface area (Å²) in [6.07, 6.45) is 0. The Morgan fingerprint density at radius 1 is 0.667 bits per heavy atom. The van der Waals surface area contributed by atoms with Crippen LogP contribution in [-0.2, 0) is 6.54 Å². The molecule has 0 aliphatic carbocycles. The van der Waals surface area contributed by atoms with Crippen molar-refractivity contribution in [1.82, 2.24) is 9.55 Å². The first kappa shape index (κ1) is 22.7. The third-order valence-corrected chi connectivity index (χ3v) is 6.11. The van der Waals surface area contributed by atoms with Crippen LogP contribution in [0.15, 0.2) is 78.9 Å². The van der Waals surface area contributed by atoms with Gasteiger partial charge in [-0.1, -0.05) is 65.7 Å². The van der Waals surface area contributed by atoms with Crippen molar-refractivity contribution in [2.24, 2.45) is 0 Å². The normalized spacial score (nSPS) is 10.9. The lowest BCUT2D eigenvalue weighted by Gasteiger charge is -2.29. The number of aromatic nitrogens is 2. The van der Waals surface area contributed by atoms with Crippen LogP contribution >= 0.6 is 0 Å². The molecular weight excluding hydrogens is 404 g/mol. The van der Waals surface area contributed by atoms with E-state index in [1.807, 2.05) is 0 Å². The predicted molar refractivity (Wildman–Crippen MR) is 141 cm³/mol. The van der Waals surface area contributed by atoms with E-state index < -0.39 is 0 Å².